The molecule has 8 nitrogen and oxygen atoms in total. The number of methoxy groups -OCH3 is 2. The second-order valence-electron chi connectivity index (χ2n) is 7.71. The zero-order valence-electron chi connectivity index (χ0n) is 18.3. The summed E-state index contributed by atoms with van der Waals surface area (Å²) in [7, 11) is 4.76. The van der Waals surface area contributed by atoms with E-state index in [1.54, 1.807) is 42.3 Å². The Labute approximate surface area is 194 Å². The maximum atomic E-state index is 13.8. The van der Waals surface area contributed by atoms with Crippen LogP contribution in [0, 0.1) is 0 Å². The van der Waals surface area contributed by atoms with Crippen molar-refractivity contribution in [3.63, 3.8) is 0 Å². The SMILES string of the molecule is COc1cc2c(cc1OC)[C@@H](C(=O)Nc1ccc3c(c1)OCO3)[C@H](c1cccs1)N(C)C2=O. The summed E-state index contributed by atoms with van der Waals surface area (Å²) in [6.07, 6.45) is 0. The van der Waals surface area contributed by atoms with Crippen molar-refractivity contribution in [2.24, 2.45) is 0 Å². The van der Waals surface area contributed by atoms with Crippen molar-refractivity contribution in [3.05, 3.63) is 63.8 Å². The Balaban J connectivity index is 1.60. The van der Waals surface area contributed by atoms with Crippen LogP contribution in [0.3, 0.4) is 0 Å². The average molecular weight is 467 g/mol. The molecule has 170 valence electrons. The second-order valence-corrected chi connectivity index (χ2v) is 8.68. The van der Waals surface area contributed by atoms with Gasteiger partial charge in [0.15, 0.2) is 23.0 Å². The monoisotopic (exact) mass is 466 g/mol. The summed E-state index contributed by atoms with van der Waals surface area (Å²) in [5.74, 6) is 0.991. The second kappa shape index (κ2) is 8.32. The molecule has 3 heterocycles. The molecule has 0 unspecified atom stereocenters. The van der Waals surface area contributed by atoms with E-state index in [1.165, 1.54) is 25.6 Å². The highest BCUT2D eigenvalue weighted by Gasteiger charge is 2.44. The lowest BCUT2D eigenvalue weighted by Crippen LogP contribution is -2.43. The summed E-state index contributed by atoms with van der Waals surface area (Å²) in [6.45, 7) is 0.151. The largest absolute Gasteiger partial charge is 0.493 e. The highest BCUT2D eigenvalue weighted by Crippen LogP contribution is 2.47. The number of likely N-dealkylation sites (N-methyl/N-ethyl adjacent to an activating group) is 1. The molecule has 9 heteroatoms. The molecule has 0 radical (unpaired) electrons. The average Bonchev–Trinajstić information content (AvgIpc) is 3.52. The summed E-state index contributed by atoms with van der Waals surface area (Å²) < 4.78 is 21.7. The quantitative estimate of drug-likeness (QED) is 0.611. The molecule has 2 aliphatic rings. The van der Waals surface area contributed by atoms with Crippen LogP contribution in [0.15, 0.2) is 47.8 Å². The summed E-state index contributed by atoms with van der Waals surface area (Å²) in [5.41, 5.74) is 1.58. The first-order chi connectivity index (χ1) is 16.0. The van der Waals surface area contributed by atoms with E-state index in [9.17, 15) is 9.59 Å². The molecule has 0 saturated heterocycles. The number of ether oxygens (including phenoxy) is 4. The fourth-order valence-electron chi connectivity index (χ4n) is 4.34. The van der Waals surface area contributed by atoms with Crippen LogP contribution in [0.4, 0.5) is 5.69 Å². The number of carbonyl (C=O) groups excluding carboxylic acids is 2. The van der Waals surface area contributed by atoms with Crippen LogP contribution in [0.2, 0.25) is 0 Å². The first-order valence-electron chi connectivity index (χ1n) is 10.3. The van der Waals surface area contributed by atoms with E-state index in [4.69, 9.17) is 18.9 Å². The Hall–Kier alpha value is -3.72. The Morgan fingerprint density at radius 1 is 1.09 bits per heavy atom. The number of nitrogens with one attached hydrogen (secondary N) is 1. The first-order valence-corrected chi connectivity index (χ1v) is 11.2. The number of carbonyl (C=O) groups is 2. The minimum atomic E-state index is -0.674. The number of hydrogen-bond acceptors (Lipinski definition) is 7. The standard InChI is InChI=1S/C24H22N2O6S/c1-26-22(20-5-4-8-33-20)21(14-10-17(29-2)18(30-3)11-15(14)24(26)28)23(27)25-13-6-7-16-19(9-13)32-12-31-16/h4-11,21-22H,12H2,1-3H3,(H,25,27)/t21-,22+/m1/s1. The van der Waals surface area contributed by atoms with Crippen LogP contribution in [0.5, 0.6) is 23.0 Å². The Morgan fingerprint density at radius 2 is 1.85 bits per heavy atom. The molecule has 3 aromatic rings. The summed E-state index contributed by atoms with van der Waals surface area (Å²) in [4.78, 5) is 29.6. The van der Waals surface area contributed by atoms with Crippen LogP contribution in [0.25, 0.3) is 0 Å². The number of anilines is 1. The zero-order valence-corrected chi connectivity index (χ0v) is 19.1. The fraction of sp³-hybridized carbons (Fsp3) is 0.250. The van der Waals surface area contributed by atoms with Crippen molar-refractivity contribution in [2.45, 2.75) is 12.0 Å². The number of nitrogens with zero attached hydrogens (tertiary/aromatic N) is 1. The molecule has 2 amide bonds. The lowest BCUT2D eigenvalue weighted by Gasteiger charge is -2.39. The van der Waals surface area contributed by atoms with Gasteiger partial charge in [-0.3, -0.25) is 9.59 Å². The number of hydrogen-bond donors (Lipinski definition) is 1. The van der Waals surface area contributed by atoms with Crippen molar-refractivity contribution in [2.75, 3.05) is 33.4 Å². The van der Waals surface area contributed by atoms with Crippen LogP contribution < -0.4 is 24.3 Å². The fourth-order valence-corrected chi connectivity index (χ4v) is 5.25. The summed E-state index contributed by atoms with van der Waals surface area (Å²) >= 11 is 1.50. The predicted octanol–water partition coefficient (Wildman–Crippen LogP) is 4.04. The first kappa shape index (κ1) is 21.1. The van der Waals surface area contributed by atoms with Gasteiger partial charge in [0.05, 0.1) is 26.2 Å². The van der Waals surface area contributed by atoms with E-state index < -0.39 is 12.0 Å². The summed E-state index contributed by atoms with van der Waals surface area (Å²) in [6, 6.07) is 12.0. The third-order valence-corrected chi connectivity index (χ3v) is 6.87. The van der Waals surface area contributed by atoms with Crippen molar-refractivity contribution < 1.29 is 28.5 Å². The molecule has 0 spiro atoms. The van der Waals surface area contributed by atoms with Gasteiger partial charge in [0.1, 0.15) is 0 Å². The Kier molecular flexibility index (Phi) is 5.33. The van der Waals surface area contributed by atoms with Gasteiger partial charge in [0.25, 0.3) is 5.91 Å². The van der Waals surface area contributed by atoms with Gasteiger partial charge < -0.3 is 29.2 Å². The van der Waals surface area contributed by atoms with Gasteiger partial charge in [-0.25, -0.2) is 0 Å². The van der Waals surface area contributed by atoms with E-state index in [2.05, 4.69) is 5.32 Å². The van der Waals surface area contributed by atoms with Crippen molar-refractivity contribution in [3.8, 4) is 23.0 Å². The zero-order chi connectivity index (χ0) is 23.1. The van der Waals surface area contributed by atoms with E-state index in [1.807, 2.05) is 17.5 Å². The molecule has 0 fully saturated rings. The van der Waals surface area contributed by atoms with Gasteiger partial charge in [-0.1, -0.05) is 6.07 Å². The third kappa shape index (κ3) is 3.54. The van der Waals surface area contributed by atoms with Gasteiger partial charge >= 0.3 is 0 Å². The molecule has 2 atom stereocenters. The smallest absolute Gasteiger partial charge is 0.254 e. The minimum absolute atomic E-state index is 0.151. The third-order valence-electron chi connectivity index (χ3n) is 5.93. The van der Waals surface area contributed by atoms with Crippen LogP contribution in [-0.4, -0.2) is 44.8 Å². The number of amides is 2. The number of fused-ring (bicyclic) bond motifs is 2. The maximum Gasteiger partial charge on any atom is 0.254 e. The van der Waals surface area contributed by atoms with Gasteiger partial charge in [-0.15, -0.1) is 11.3 Å². The minimum Gasteiger partial charge on any atom is -0.493 e. The highest BCUT2D eigenvalue weighted by atomic mass is 32.1. The van der Waals surface area contributed by atoms with Gasteiger partial charge in [-0.05, 0) is 41.3 Å². The molecular weight excluding hydrogens is 444 g/mol. The van der Waals surface area contributed by atoms with Crippen molar-refractivity contribution in [1.82, 2.24) is 4.90 Å². The van der Waals surface area contributed by atoms with Gasteiger partial charge in [0.2, 0.25) is 12.7 Å². The van der Waals surface area contributed by atoms with E-state index in [0.29, 0.717) is 39.8 Å². The topological polar surface area (TPSA) is 86.3 Å². The number of benzene rings is 2. The normalized spacial score (nSPS) is 18.6. The highest BCUT2D eigenvalue weighted by molar-refractivity contribution is 7.10. The molecular formula is C24H22N2O6S. The molecule has 0 aliphatic carbocycles. The maximum absolute atomic E-state index is 13.8. The van der Waals surface area contributed by atoms with Crippen LogP contribution in [-0.2, 0) is 4.79 Å². The molecule has 0 saturated carbocycles. The van der Waals surface area contributed by atoms with E-state index in [0.717, 1.165) is 4.88 Å². The van der Waals surface area contributed by atoms with Crippen molar-refractivity contribution >= 4 is 28.8 Å². The molecule has 5 rings (SSSR count). The Morgan fingerprint density at radius 3 is 2.58 bits per heavy atom. The number of rotatable bonds is 5. The van der Waals surface area contributed by atoms with E-state index >= 15 is 0 Å². The van der Waals surface area contributed by atoms with Crippen molar-refractivity contribution in [1.29, 1.82) is 0 Å². The summed E-state index contributed by atoms with van der Waals surface area (Å²) in [5, 5.41) is 4.93. The van der Waals surface area contributed by atoms with Gasteiger partial charge in [0, 0.05) is 29.2 Å². The molecule has 2 aliphatic heterocycles. The number of thiophene rings is 1. The van der Waals surface area contributed by atoms with Gasteiger partial charge in [-0.2, -0.15) is 0 Å². The molecule has 0 bridgehead atoms. The lowest BCUT2D eigenvalue weighted by molar-refractivity contribution is -0.119. The molecule has 1 N–H and O–H groups in total. The van der Waals surface area contributed by atoms with Crippen LogP contribution >= 0.6 is 11.3 Å². The van der Waals surface area contributed by atoms with E-state index in [-0.39, 0.29) is 18.6 Å². The predicted molar refractivity (Wildman–Crippen MR) is 123 cm³/mol. The molecule has 33 heavy (non-hydrogen) atoms. The molecule has 2 aromatic carbocycles. The van der Waals surface area contributed by atoms with Crippen LogP contribution in [0.1, 0.15) is 32.8 Å². The molecule has 1 aromatic heterocycles. The lowest BCUT2D eigenvalue weighted by atomic mass is 9.81. The Bertz CT molecular complexity index is 1230.